The van der Waals surface area contributed by atoms with E-state index in [0.29, 0.717) is 0 Å². The van der Waals surface area contributed by atoms with Gasteiger partial charge in [0.15, 0.2) is 0 Å². The molecule has 0 saturated heterocycles. The monoisotopic (exact) mass is 382 g/mol. The van der Waals surface area contributed by atoms with Crippen LogP contribution in [0, 0.1) is 41.5 Å². The molecule has 0 amide bonds. The molecule has 0 aliphatic rings. The van der Waals surface area contributed by atoms with Gasteiger partial charge >= 0.3 is 139 Å². The second-order valence-corrected chi connectivity index (χ2v) is 17.5. The Bertz CT molecular complexity index is 597. The third kappa shape index (κ3) is 3.18. The van der Waals surface area contributed by atoms with Crippen molar-refractivity contribution in [3.8, 4) is 0 Å². The molecule has 3 heteroatoms. The average Bonchev–Trinajstić information content (AvgIpc) is 2.23. The Morgan fingerprint density at radius 3 is 1.05 bits per heavy atom. The molecule has 0 radical (unpaired) electrons. The first kappa shape index (κ1) is 16.9. The van der Waals surface area contributed by atoms with Crippen LogP contribution in [0.3, 0.4) is 0 Å². The molecule has 0 fully saturated rings. The van der Waals surface area contributed by atoms with Gasteiger partial charge in [0.25, 0.3) is 0 Å². The number of rotatable bonds is 2. The van der Waals surface area contributed by atoms with Gasteiger partial charge in [0, 0.05) is 0 Å². The van der Waals surface area contributed by atoms with E-state index in [2.05, 4.69) is 65.8 Å². The van der Waals surface area contributed by atoms with E-state index < -0.39 is 11.4 Å². The molecule has 0 saturated carbocycles. The number of benzene rings is 2. The van der Waals surface area contributed by atoms with E-state index in [4.69, 9.17) is 20.0 Å². The van der Waals surface area contributed by atoms with Crippen molar-refractivity contribution < 1.29 is 0 Å². The summed E-state index contributed by atoms with van der Waals surface area (Å²) in [5.74, 6) is 0. The molecule has 0 aliphatic heterocycles. The zero-order valence-corrected chi connectivity index (χ0v) is 17.2. The minimum absolute atomic E-state index is 1.19. The maximum absolute atomic E-state index is 7.07. The van der Waals surface area contributed by atoms with Gasteiger partial charge < -0.3 is 0 Å². The van der Waals surface area contributed by atoms with Gasteiger partial charge in [0.1, 0.15) is 0 Å². The first-order valence-electron chi connectivity index (χ1n) is 7.19. The van der Waals surface area contributed by atoms with Crippen LogP contribution < -0.4 is 8.79 Å². The Morgan fingerprint density at radius 2 is 0.810 bits per heavy atom. The molecule has 2 aromatic carbocycles. The molecule has 112 valence electrons. The molecule has 2 aromatic rings. The SMILES string of the molecule is Cc1cc(C)[c]([Ge]([Cl])([Cl])[c]2c(C)cc(C)cc2C)c(C)c1. The summed E-state index contributed by atoms with van der Waals surface area (Å²) in [6.07, 6.45) is 0. The van der Waals surface area contributed by atoms with E-state index in [1.54, 1.807) is 0 Å². The van der Waals surface area contributed by atoms with Gasteiger partial charge in [-0.1, -0.05) is 0 Å². The fraction of sp³-hybridized carbons (Fsp3) is 0.333. The van der Waals surface area contributed by atoms with Crippen molar-refractivity contribution in [3.63, 3.8) is 0 Å². The van der Waals surface area contributed by atoms with Gasteiger partial charge in [0.2, 0.25) is 0 Å². The molecule has 0 aromatic heterocycles. The summed E-state index contributed by atoms with van der Waals surface area (Å²) in [6, 6.07) is 8.75. The van der Waals surface area contributed by atoms with Crippen molar-refractivity contribution in [1.29, 1.82) is 0 Å². The molecule has 0 N–H and O–H groups in total. The minimum atomic E-state index is -3.33. The van der Waals surface area contributed by atoms with Gasteiger partial charge in [-0.15, -0.1) is 0 Å². The van der Waals surface area contributed by atoms with Crippen molar-refractivity contribution in [3.05, 3.63) is 57.6 Å². The molecule has 0 nitrogen and oxygen atoms in total. The number of halogens is 2. The summed E-state index contributed by atoms with van der Waals surface area (Å²) >= 11 is -3.33. The third-order valence-corrected chi connectivity index (χ3v) is 13.9. The average molecular weight is 382 g/mol. The summed E-state index contributed by atoms with van der Waals surface area (Å²) in [5, 5.41) is 0. The van der Waals surface area contributed by atoms with E-state index in [0.717, 1.165) is 0 Å². The van der Waals surface area contributed by atoms with Crippen LogP contribution in [-0.4, -0.2) is 11.4 Å². The molecule has 0 unspecified atom stereocenters. The van der Waals surface area contributed by atoms with E-state index in [1.165, 1.54) is 42.2 Å². The number of hydrogen-bond donors (Lipinski definition) is 0. The van der Waals surface area contributed by atoms with E-state index in [-0.39, 0.29) is 0 Å². The molecular formula is C18H22Cl2Ge. The molecule has 0 spiro atoms. The van der Waals surface area contributed by atoms with Crippen LogP contribution in [0.5, 0.6) is 0 Å². The Kier molecular flexibility index (Phi) is 4.82. The van der Waals surface area contributed by atoms with Crippen LogP contribution in [0.1, 0.15) is 33.4 Å². The van der Waals surface area contributed by atoms with Crippen molar-refractivity contribution >= 4 is 40.2 Å². The molecule has 0 aliphatic carbocycles. The number of hydrogen-bond acceptors (Lipinski definition) is 0. The van der Waals surface area contributed by atoms with Crippen LogP contribution in [0.25, 0.3) is 0 Å². The van der Waals surface area contributed by atoms with Crippen molar-refractivity contribution in [1.82, 2.24) is 0 Å². The first-order valence-corrected chi connectivity index (χ1v) is 14.8. The van der Waals surface area contributed by atoms with Crippen molar-refractivity contribution in [2.45, 2.75) is 41.5 Å². The quantitative estimate of drug-likeness (QED) is 0.668. The molecule has 0 atom stereocenters. The van der Waals surface area contributed by atoms with Crippen LogP contribution in [0.2, 0.25) is 0 Å². The van der Waals surface area contributed by atoms with Crippen molar-refractivity contribution in [2.75, 3.05) is 0 Å². The summed E-state index contributed by atoms with van der Waals surface area (Å²) in [6.45, 7) is 12.7. The van der Waals surface area contributed by atoms with Crippen LogP contribution in [0.4, 0.5) is 0 Å². The van der Waals surface area contributed by atoms with Crippen LogP contribution in [0.15, 0.2) is 24.3 Å². The fourth-order valence-electron chi connectivity index (χ4n) is 3.48. The second-order valence-electron chi connectivity index (χ2n) is 6.12. The normalized spacial score (nSPS) is 11.8. The molecule has 21 heavy (non-hydrogen) atoms. The van der Waals surface area contributed by atoms with Crippen LogP contribution >= 0.6 is 20.0 Å². The Hall–Kier alpha value is -0.437. The number of aryl methyl sites for hydroxylation is 6. The maximum atomic E-state index is 7.07. The fourth-order valence-corrected chi connectivity index (χ4v) is 15.0. The third-order valence-electron chi connectivity index (χ3n) is 3.98. The predicted octanol–water partition coefficient (Wildman–Crippen LogP) is 4.57. The van der Waals surface area contributed by atoms with Gasteiger partial charge in [-0.05, 0) is 0 Å². The standard InChI is InChI=1S/C18H22Cl2Ge/c1-11-7-13(3)17(14(4)8-11)21(19,20)18-15(5)9-12(2)10-16(18)6/h7-10H,1-6H3. The second kappa shape index (κ2) is 5.98. The van der Waals surface area contributed by atoms with E-state index >= 15 is 0 Å². The van der Waals surface area contributed by atoms with E-state index in [1.807, 2.05) is 0 Å². The Balaban J connectivity index is 2.74. The Morgan fingerprint density at radius 1 is 0.571 bits per heavy atom. The van der Waals surface area contributed by atoms with E-state index in [9.17, 15) is 0 Å². The summed E-state index contributed by atoms with van der Waals surface area (Å²) in [5.41, 5.74) is 7.40. The van der Waals surface area contributed by atoms with Crippen molar-refractivity contribution in [2.24, 2.45) is 0 Å². The van der Waals surface area contributed by atoms with Gasteiger partial charge in [0.05, 0.1) is 0 Å². The Labute approximate surface area is 139 Å². The zero-order valence-electron chi connectivity index (χ0n) is 13.6. The topological polar surface area (TPSA) is 0 Å². The van der Waals surface area contributed by atoms with Gasteiger partial charge in [-0.25, -0.2) is 0 Å². The predicted molar refractivity (Wildman–Crippen MR) is 98.0 cm³/mol. The summed E-state index contributed by atoms with van der Waals surface area (Å²) in [7, 11) is 14.1. The molecule has 0 bridgehead atoms. The molecule has 0 heterocycles. The van der Waals surface area contributed by atoms with Crippen LogP contribution in [-0.2, 0) is 0 Å². The molecular weight excluding hydrogens is 360 g/mol. The summed E-state index contributed by atoms with van der Waals surface area (Å²) in [4.78, 5) is 0. The molecule has 2 rings (SSSR count). The van der Waals surface area contributed by atoms with Gasteiger partial charge in [-0.2, -0.15) is 0 Å². The zero-order chi connectivity index (χ0) is 15.9. The summed E-state index contributed by atoms with van der Waals surface area (Å²) < 4.78 is 2.39. The first-order chi connectivity index (χ1) is 9.64. The van der Waals surface area contributed by atoms with Gasteiger partial charge in [-0.3, -0.25) is 0 Å².